The van der Waals surface area contributed by atoms with Gasteiger partial charge in [-0.2, -0.15) is 18.0 Å². The maximum atomic E-state index is 13.8. The minimum absolute atomic E-state index is 0.0475. The van der Waals surface area contributed by atoms with Gasteiger partial charge >= 0.3 is 6.18 Å². The number of methoxy groups -OCH3 is 1. The van der Waals surface area contributed by atoms with Crippen LogP contribution in [0.25, 0.3) is 22.6 Å². The van der Waals surface area contributed by atoms with E-state index < -0.39 is 23.7 Å². The van der Waals surface area contributed by atoms with Crippen LogP contribution in [0.5, 0.6) is 5.75 Å². The van der Waals surface area contributed by atoms with Gasteiger partial charge in [0.05, 0.1) is 36.6 Å². The molecule has 38 heavy (non-hydrogen) atoms. The summed E-state index contributed by atoms with van der Waals surface area (Å²) in [6.45, 7) is 3.84. The van der Waals surface area contributed by atoms with E-state index in [0.717, 1.165) is 28.1 Å². The number of likely N-dealkylation sites (tertiary alicyclic amines) is 1. The molecule has 0 saturated carbocycles. The van der Waals surface area contributed by atoms with Crippen LogP contribution in [-0.2, 0) is 26.4 Å². The van der Waals surface area contributed by atoms with Crippen LogP contribution in [0.15, 0.2) is 12.1 Å². The second-order valence-corrected chi connectivity index (χ2v) is 10.1. The van der Waals surface area contributed by atoms with Gasteiger partial charge in [0.25, 0.3) is 5.91 Å². The quantitative estimate of drug-likeness (QED) is 0.518. The molecule has 2 atom stereocenters. The number of carbonyl (C=O) groups is 1. The van der Waals surface area contributed by atoms with Crippen molar-refractivity contribution in [2.75, 3.05) is 13.7 Å². The van der Waals surface area contributed by atoms with Crippen molar-refractivity contribution in [1.29, 1.82) is 0 Å². The molecule has 1 fully saturated rings. The third-order valence-corrected chi connectivity index (χ3v) is 7.58. The van der Waals surface area contributed by atoms with Crippen molar-refractivity contribution in [1.82, 2.24) is 34.7 Å². The van der Waals surface area contributed by atoms with Crippen LogP contribution in [0.3, 0.4) is 0 Å². The Morgan fingerprint density at radius 1 is 1.26 bits per heavy atom. The lowest BCUT2D eigenvalue weighted by Gasteiger charge is -2.39. The number of imidazole rings is 1. The molecular formula is C25H30F3N7O3. The molecule has 2 aliphatic heterocycles. The fourth-order valence-corrected chi connectivity index (χ4v) is 5.69. The summed E-state index contributed by atoms with van der Waals surface area (Å²) in [7, 11) is 3.23. The molecular weight excluding hydrogens is 503 g/mol. The molecule has 0 bridgehead atoms. The highest BCUT2D eigenvalue weighted by atomic mass is 19.4. The Morgan fingerprint density at radius 2 is 2.03 bits per heavy atom. The first-order valence-electron chi connectivity index (χ1n) is 12.6. The molecule has 0 radical (unpaired) electrons. The lowest BCUT2D eigenvalue weighted by atomic mass is 9.91. The van der Waals surface area contributed by atoms with Gasteiger partial charge in [-0.25, -0.2) is 4.98 Å². The van der Waals surface area contributed by atoms with Crippen LogP contribution in [0.4, 0.5) is 13.2 Å². The predicted octanol–water partition coefficient (Wildman–Crippen LogP) is 3.18. The van der Waals surface area contributed by atoms with Gasteiger partial charge in [0.15, 0.2) is 11.9 Å². The number of tetrazole rings is 1. The van der Waals surface area contributed by atoms with Crippen molar-refractivity contribution in [2.45, 2.75) is 70.3 Å². The van der Waals surface area contributed by atoms with Gasteiger partial charge in [-0.05, 0) is 55.5 Å². The number of hydrogen-bond donors (Lipinski definition) is 1. The van der Waals surface area contributed by atoms with E-state index in [1.807, 2.05) is 19.1 Å². The van der Waals surface area contributed by atoms with Gasteiger partial charge in [0.2, 0.25) is 5.82 Å². The molecule has 1 amide bonds. The molecule has 0 unspecified atom stereocenters. The Bertz CT molecular complexity index is 1380. The predicted molar refractivity (Wildman–Crippen MR) is 130 cm³/mol. The number of fused-ring (bicyclic) bond motifs is 3. The molecule has 1 aromatic carbocycles. The maximum Gasteiger partial charge on any atom is 0.416 e. The summed E-state index contributed by atoms with van der Waals surface area (Å²) >= 11 is 0. The van der Waals surface area contributed by atoms with Crippen LogP contribution in [0.2, 0.25) is 0 Å². The first kappa shape index (κ1) is 26.1. The van der Waals surface area contributed by atoms with Crippen LogP contribution in [0.1, 0.15) is 55.0 Å². The number of amides is 1. The normalized spacial score (nSPS) is 19.8. The van der Waals surface area contributed by atoms with E-state index in [0.29, 0.717) is 48.6 Å². The molecule has 1 saturated heterocycles. The van der Waals surface area contributed by atoms with Crippen molar-refractivity contribution >= 4 is 5.91 Å². The Labute approximate surface area is 217 Å². The topological polar surface area (TPSA) is 111 Å². The van der Waals surface area contributed by atoms with E-state index in [2.05, 4.69) is 15.4 Å². The summed E-state index contributed by atoms with van der Waals surface area (Å²) < 4.78 is 48.0. The van der Waals surface area contributed by atoms with Crippen LogP contribution < -0.4 is 4.74 Å². The highest BCUT2D eigenvalue weighted by molar-refractivity contribution is 5.93. The first-order valence-corrected chi connectivity index (χ1v) is 12.6. The zero-order valence-electron chi connectivity index (χ0n) is 21.7. The van der Waals surface area contributed by atoms with E-state index in [9.17, 15) is 23.1 Å². The second-order valence-electron chi connectivity index (χ2n) is 10.1. The SMILES string of the molecule is CCCc1nc(C(=O)N2CCC[C@]2(C)[C@H](O)C(F)(F)F)n2c1-c1cc(-c3nnn(C)n3)c(OC)cc1CC2. The molecule has 2 aromatic heterocycles. The third kappa shape index (κ3) is 4.12. The van der Waals surface area contributed by atoms with Crippen LogP contribution in [-0.4, -0.2) is 77.1 Å². The molecule has 5 rings (SSSR count). The molecule has 1 N–H and O–H groups in total. The van der Waals surface area contributed by atoms with Gasteiger partial charge in [-0.3, -0.25) is 4.79 Å². The smallest absolute Gasteiger partial charge is 0.416 e. The number of aryl methyl sites for hydroxylation is 3. The van der Waals surface area contributed by atoms with Crippen molar-refractivity contribution in [3.63, 3.8) is 0 Å². The number of rotatable bonds is 6. The number of aliphatic hydroxyl groups is 1. The first-order chi connectivity index (χ1) is 18.0. The minimum Gasteiger partial charge on any atom is -0.496 e. The Balaban J connectivity index is 1.63. The molecule has 204 valence electrons. The summed E-state index contributed by atoms with van der Waals surface area (Å²) in [5.74, 6) is 0.453. The zero-order valence-corrected chi connectivity index (χ0v) is 21.7. The van der Waals surface area contributed by atoms with E-state index in [-0.39, 0.29) is 18.8 Å². The van der Waals surface area contributed by atoms with E-state index in [1.165, 1.54) is 11.7 Å². The van der Waals surface area contributed by atoms with Gasteiger partial charge < -0.3 is 19.3 Å². The van der Waals surface area contributed by atoms with Gasteiger partial charge in [-0.15, -0.1) is 10.2 Å². The number of alkyl halides is 3. The monoisotopic (exact) mass is 533 g/mol. The Morgan fingerprint density at radius 3 is 2.66 bits per heavy atom. The summed E-state index contributed by atoms with van der Waals surface area (Å²) in [5.41, 5.74) is 2.14. The number of aromatic nitrogens is 6. The van der Waals surface area contributed by atoms with E-state index in [4.69, 9.17) is 9.72 Å². The van der Waals surface area contributed by atoms with Crippen LogP contribution >= 0.6 is 0 Å². The van der Waals surface area contributed by atoms with Gasteiger partial charge in [0, 0.05) is 18.7 Å². The largest absolute Gasteiger partial charge is 0.496 e. The number of carbonyl (C=O) groups excluding carboxylic acids is 1. The van der Waals surface area contributed by atoms with Gasteiger partial charge in [-0.1, -0.05) is 13.3 Å². The van der Waals surface area contributed by atoms with Crippen molar-refractivity contribution in [3.8, 4) is 28.4 Å². The molecule has 0 spiro atoms. The fraction of sp³-hybridized carbons (Fsp3) is 0.560. The lowest BCUT2D eigenvalue weighted by molar-refractivity contribution is -0.232. The standard InChI is InChI=1S/C25H30F3N7O3/c1-5-7-17-19-15-13-16(20-30-32-33(3)31-20)18(38-4)12-14(15)8-11-34(19)21(29-17)22(36)35-10-6-9-24(35,2)23(37)25(26,27)28/h12-13,23,37H,5-11H2,1-4H3/t23-,24+/m0/s1. The number of benzene rings is 1. The molecule has 10 nitrogen and oxygen atoms in total. The van der Waals surface area contributed by atoms with E-state index in [1.54, 1.807) is 18.7 Å². The average molecular weight is 534 g/mol. The number of halogens is 3. The van der Waals surface area contributed by atoms with Crippen molar-refractivity contribution in [2.24, 2.45) is 7.05 Å². The van der Waals surface area contributed by atoms with E-state index >= 15 is 0 Å². The third-order valence-electron chi connectivity index (χ3n) is 7.58. The van der Waals surface area contributed by atoms with Crippen molar-refractivity contribution in [3.05, 3.63) is 29.2 Å². The molecule has 3 aromatic rings. The maximum absolute atomic E-state index is 13.8. The summed E-state index contributed by atoms with van der Waals surface area (Å²) in [5, 5.41) is 22.5. The minimum atomic E-state index is -4.85. The van der Waals surface area contributed by atoms with Crippen LogP contribution in [0, 0.1) is 0 Å². The lowest BCUT2D eigenvalue weighted by Crippen LogP contribution is -2.58. The Hall–Kier alpha value is -3.48. The molecule has 0 aliphatic carbocycles. The summed E-state index contributed by atoms with van der Waals surface area (Å²) in [6, 6.07) is 3.82. The number of aliphatic hydroxyl groups excluding tert-OH is 1. The summed E-state index contributed by atoms with van der Waals surface area (Å²) in [4.78, 5) is 21.0. The van der Waals surface area contributed by atoms with Gasteiger partial charge in [0.1, 0.15) is 5.75 Å². The van der Waals surface area contributed by atoms with Crippen molar-refractivity contribution < 1.29 is 27.8 Å². The number of nitrogens with zero attached hydrogens (tertiary/aromatic N) is 7. The number of ether oxygens (including phenoxy) is 1. The number of hydrogen-bond acceptors (Lipinski definition) is 7. The second kappa shape index (κ2) is 9.37. The highest BCUT2D eigenvalue weighted by Gasteiger charge is 2.56. The average Bonchev–Trinajstić information content (AvgIpc) is 3.59. The molecule has 4 heterocycles. The Kier molecular flexibility index (Phi) is 6.44. The fourth-order valence-electron chi connectivity index (χ4n) is 5.69. The molecule has 13 heteroatoms. The summed E-state index contributed by atoms with van der Waals surface area (Å²) in [6.07, 6.45) is -5.18. The highest BCUT2D eigenvalue weighted by Crippen LogP contribution is 2.43. The molecule has 2 aliphatic rings. The zero-order chi connectivity index (χ0) is 27.4.